The summed E-state index contributed by atoms with van der Waals surface area (Å²) in [5, 5.41) is 18.8. The van der Waals surface area contributed by atoms with Crippen molar-refractivity contribution in [3.8, 4) is 0 Å². The van der Waals surface area contributed by atoms with Gasteiger partial charge in [-0.1, -0.05) is 6.07 Å². The average Bonchev–Trinajstić information content (AvgIpc) is 2.14. The van der Waals surface area contributed by atoms with Crippen LogP contribution in [0, 0.1) is 5.82 Å². The van der Waals surface area contributed by atoms with E-state index in [1.165, 1.54) is 6.07 Å². The second kappa shape index (κ2) is 4.80. The highest BCUT2D eigenvalue weighted by Crippen LogP contribution is 2.23. The molecule has 0 aliphatic carbocycles. The fraction of sp³-hybridized carbons (Fsp3) is 0.500. The monoisotopic (exact) mass is 227 g/mol. The molecule has 90 valence electrons. The lowest BCUT2D eigenvalue weighted by atomic mass is 10.1. The summed E-state index contributed by atoms with van der Waals surface area (Å²) in [6.07, 6.45) is 0. The maximum Gasteiger partial charge on any atom is 0.130 e. The molecule has 0 saturated carbocycles. The number of likely N-dealkylation sites (N-methyl/N-ethyl adjacent to an activating group) is 1. The van der Waals surface area contributed by atoms with Crippen molar-refractivity contribution < 1.29 is 14.6 Å². The maximum absolute atomic E-state index is 13.4. The van der Waals surface area contributed by atoms with E-state index in [0.717, 1.165) is 0 Å². The molecule has 0 aliphatic heterocycles. The van der Waals surface area contributed by atoms with E-state index in [0.29, 0.717) is 12.2 Å². The molecule has 0 spiro atoms. The Morgan fingerprint density at radius 3 is 2.50 bits per heavy atom. The van der Waals surface area contributed by atoms with E-state index >= 15 is 0 Å². The van der Waals surface area contributed by atoms with Crippen molar-refractivity contribution in [3.05, 3.63) is 29.6 Å². The predicted molar refractivity (Wildman–Crippen MR) is 61.9 cm³/mol. The molecule has 0 aliphatic rings. The SMILES string of the molecule is CN(CC(C)(C)O)c1cccc(F)c1CO. The van der Waals surface area contributed by atoms with Crippen molar-refractivity contribution in [1.29, 1.82) is 0 Å². The number of hydrogen-bond acceptors (Lipinski definition) is 3. The molecule has 1 aromatic rings. The number of rotatable bonds is 4. The minimum absolute atomic E-state index is 0.259. The van der Waals surface area contributed by atoms with Crippen LogP contribution in [0.4, 0.5) is 10.1 Å². The van der Waals surface area contributed by atoms with Crippen LogP contribution in [-0.2, 0) is 6.61 Å². The average molecular weight is 227 g/mol. The molecule has 1 aromatic carbocycles. The molecule has 4 heteroatoms. The van der Waals surface area contributed by atoms with Gasteiger partial charge in [-0.3, -0.25) is 0 Å². The first-order valence-corrected chi connectivity index (χ1v) is 5.17. The molecule has 0 aromatic heterocycles. The highest BCUT2D eigenvalue weighted by molar-refractivity contribution is 5.53. The van der Waals surface area contributed by atoms with Crippen LogP contribution in [0.25, 0.3) is 0 Å². The first kappa shape index (κ1) is 12.9. The maximum atomic E-state index is 13.4. The van der Waals surface area contributed by atoms with Gasteiger partial charge in [0.25, 0.3) is 0 Å². The van der Waals surface area contributed by atoms with Crippen LogP contribution in [0.2, 0.25) is 0 Å². The molecule has 0 amide bonds. The van der Waals surface area contributed by atoms with Gasteiger partial charge in [0.15, 0.2) is 0 Å². The van der Waals surface area contributed by atoms with Crippen molar-refractivity contribution in [2.45, 2.75) is 26.1 Å². The Morgan fingerprint density at radius 1 is 1.38 bits per heavy atom. The molecule has 0 bridgehead atoms. The first-order valence-electron chi connectivity index (χ1n) is 5.17. The van der Waals surface area contributed by atoms with Crippen LogP contribution in [0.3, 0.4) is 0 Å². The normalized spacial score (nSPS) is 11.6. The highest BCUT2D eigenvalue weighted by Gasteiger charge is 2.18. The van der Waals surface area contributed by atoms with E-state index in [2.05, 4.69) is 0 Å². The molecule has 0 heterocycles. The number of benzene rings is 1. The zero-order chi connectivity index (χ0) is 12.3. The minimum Gasteiger partial charge on any atom is -0.391 e. The predicted octanol–water partition coefficient (Wildman–Crippen LogP) is 1.53. The Balaban J connectivity index is 2.99. The second-order valence-electron chi connectivity index (χ2n) is 4.56. The van der Waals surface area contributed by atoms with E-state index in [1.807, 2.05) is 0 Å². The molecule has 1 rings (SSSR count). The number of aliphatic hydroxyl groups excluding tert-OH is 1. The molecule has 0 saturated heterocycles. The lowest BCUT2D eigenvalue weighted by Gasteiger charge is -2.28. The smallest absolute Gasteiger partial charge is 0.130 e. The van der Waals surface area contributed by atoms with Gasteiger partial charge in [0.05, 0.1) is 12.2 Å². The fourth-order valence-corrected chi connectivity index (χ4v) is 1.73. The van der Waals surface area contributed by atoms with E-state index < -0.39 is 11.4 Å². The largest absolute Gasteiger partial charge is 0.391 e. The molecular weight excluding hydrogens is 209 g/mol. The molecule has 0 atom stereocenters. The zero-order valence-electron chi connectivity index (χ0n) is 9.87. The summed E-state index contributed by atoms with van der Waals surface area (Å²) in [5.74, 6) is -0.428. The molecular formula is C12H18FNO2. The van der Waals surface area contributed by atoms with Crippen molar-refractivity contribution in [3.63, 3.8) is 0 Å². The topological polar surface area (TPSA) is 43.7 Å². The van der Waals surface area contributed by atoms with Crippen molar-refractivity contribution in [1.82, 2.24) is 0 Å². The van der Waals surface area contributed by atoms with E-state index in [9.17, 15) is 9.50 Å². The molecule has 3 nitrogen and oxygen atoms in total. The van der Waals surface area contributed by atoms with Gasteiger partial charge in [0.1, 0.15) is 5.82 Å². The summed E-state index contributed by atoms with van der Waals surface area (Å²) in [7, 11) is 1.76. The summed E-state index contributed by atoms with van der Waals surface area (Å²) in [6.45, 7) is 3.38. The lowest BCUT2D eigenvalue weighted by Crippen LogP contribution is -2.36. The zero-order valence-corrected chi connectivity index (χ0v) is 9.87. The molecule has 2 N–H and O–H groups in total. The lowest BCUT2D eigenvalue weighted by molar-refractivity contribution is 0.0885. The van der Waals surface area contributed by atoms with Gasteiger partial charge in [-0.15, -0.1) is 0 Å². The third kappa shape index (κ3) is 3.18. The van der Waals surface area contributed by atoms with Crippen LogP contribution in [0.1, 0.15) is 19.4 Å². The number of nitrogens with zero attached hydrogens (tertiary/aromatic N) is 1. The molecule has 0 fully saturated rings. The fourth-order valence-electron chi connectivity index (χ4n) is 1.73. The number of aliphatic hydroxyl groups is 2. The minimum atomic E-state index is -0.867. The number of halogens is 1. The van der Waals surface area contributed by atoms with Crippen molar-refractivity contribution in [2.75, 3.05) is 18.5 Å². The summed E-state index contributed by atoms with van der Waals surface area (Å²) in [4.78, 5) is 1.73. The van der Waals surface area contributed by atoms with Crippen LogP contribution in [-0.4, -0.2) is 29.4 Å². The Morgan fingerprint density at radius 2 is 2.00 bits per heavy atom. The summed E-state index contributed by atoms with van der Waals surface area (Å²) >= 11 is 0. The van der Waals surface area contributed by atoms with Crippen LogP contribution < -0.4 is 4.90 Å². The highest BCUT2D eigenvalue weighted by atomic mass is 19.1. The van der Waals surface area contributed by atoms with E-state index in [-0.39, 0.29) is 12.2 Å². The van der Waals surface area contributed by atoms with Crippen LogP contribution >= 0.6 is 0 Å². The molecule has 16 heavy (non-hydrogen) atoms. The van der Waals surface area contributed by atoms with Gasteiger partial charge >= 0.3 is 0 Å². The Hall–Kier alpha value is -1.13. The van der Waals surface area contributed by atoms with Gasteiger partial charge in [-0.25, -0.2) is 4.39 Å². The Kier molecular flexibility index (Phi) is 3.88. The van der Waals surface area contributed by atoms with Gasteiger partial charge in [0.2, 0.25) is 0 Å². The third-order valence-electron chi connectivity index (χ3n) is 2.29. The molecule has 0 radical (unpaired) electrons. The van der Waals surface area contributed by atoms with Crippen molar-refractivity contribution >= 4 is 5.69 Å². The first-order chi connectivity index (χ1) is 7.35. The summed E-state index contributed by atoms with van der Waals surface area (Å²) < 4.78 is 13.4. The Labute approximate surface area is 95.1 Å². The third-order valence-corrected chi connectivity index (χ3v) is 2.29. The van der Waals surface area contributed by atoms with Gasteiger partial charge in [0, 0.05) is 24.8 Å². The summed E-state index contributed by atoms with van der Waals surface area (Å²) in [6, 6.07) is 4.62. The van der Waals surface area contributed by atoms with Gasteiger partial charge < -0.3 is 15.1 Å². The second-order valence-corrected chi connectivity index (χ2v) is 4.56. The van der Waals surface area contributed by atoms with Crippen LogP contribution in [0.5, 0.6) is 0 Å². The quantitative estimate of drug-likeness (QED) is 0.819. The van der Waals surface area contributed by atoms with Crippen molar-refractivity contribution in [2.24, 2.45) is 0 Å². The standard InChI is InChI=1S/C12H18FNO2/c1-12(2,16)8-14(3)11-6-4-5-10(13)9(11)7-15/h4-6,15-16H,7-8H2,1-3H3. The molecule has 0 unspecified atom stereocenters. The number of anilines is 1. The van der Waals surface area contributed by atoms with Crippen LogP contribution in [0.15, 0.2) is 18.2 Å². The van der Waals surface area contributed by atoms with E-state index in [4.69, 9.17) is 5.11 Å². The van der Waals surface area contributed by atoms with Gasteiger partial charge in [-0.05, 0) is 26.0 Å². The van der Waals surface area contributed by atoms with Gasteiger partial charge in [-0.2, -0.15) is 0 Å². The number of hydrogen-bond donors (Lipinski definition) is 2. The Bertz CT molecular complexity index is 361. The summed E-state index contributed by atoms with van der Waals surface area (Å²) in [5.41, 5.74) is -0.00720. The van der Waals surface area contributed by atoms with E-state index in [1.54, 1.807) is 37.9 Å².